The van der Waals surface area contributed by atoms with Crippen molar-refractivity contribution in [3.8, 4) is 33.8 Å². The Morgan fingerprint density at radius 3 is 2.15 bits per heavy atom. The second-order valence-corrected chi connectivity index (χ2v) is 12.7. The first kappa shape index (κ1) is 25.4. The van der Waals surface area contributed by atoms with Crippen molar-refractivity contribution in [1.82, 2.24) is 15.0 Å². The zero-order chi connectivity index (χ0) is 30.2. The monoisotopic (exact) mass is 604 g/mol. The van der Waals surface area contributed by atoms with Gasteiger partial charge in [-0.3, -0.25) is 4.98 Å². The van der Waals surface area contributed by atoms with Gasteiger partial charge in [-0.05, 0) is 59.5 Å². The number of fused-ring (bicyclic) bond motifs is 6. The number of para-hydroxylation sites is 2. The minimum Gasteiger partial charge on any atom is -0.309 e. The van der Waals surface area contributed by atoms with Gasteiger partial charge in [-0.1, -0.05) is 91.0 Å². The molecule has 4 nitrogen and oxygen atoms in total. The van der Waals surface area contributed by atoms with Gasteiger partial charge in [0.1, 0.15) is 0 Å². The zero-order valence-corrected chi connectivity index (χ0v) is 25.4. The molecular formula is C41H24N4S. The van der Waals surface area contributed by atoms with Gasteiger partial charge in [-0.15, -0.1) is 11.3 Å². The summed E-state index contributed by atoms with van der Waals surface area (Å²) in [4.78, 5) is 17.6. The van der Waals surface area contributed by atoms with E-state index in [1.54, 1.807) is 11.3 Å². The average Bonchev–Trinajstić information content (AvgIpc) is 3.50. The van der Waals surface area contributed by atoms with Gasteiger partial charge in [-0.25, -0.2) is 9.97 Å². The number of anilines is 3. The maximum atomic E-state index is 5.27. The molecule has 0 fully saturated rings. The second-order valence-electron chi connectivity index (χ2n) is 11.6. The van der Waals surface area contributed by atoms with E-state index in [0.29, 0.717) is 5.82 Å². The van der Waals surface area contributed by atoms with Crippen LogP contribution in [0.1, 0.15) is 0 Å². The van der Waals surface area contributed by atoms with Crippen LogP contribution in [-0.2, 0) is 0 Å². The summed E-state index contributed by atoms with van der Waals surface area (Å²) >= 11 is 1.74. The normalized spacial score (nSPS) is 12.3. The number of rotatable bonds is 3. The van der Waals surface area contributed by atoms with E-state index in [4.69, 9.17) is 15.0 Å². The van der Waals surface area contributed by atoms with Crippen molar-refractivity contribution in [2.45, 2.75) is 0 Å². The first-order chi connectivity index (χ1) is 22.8. The molecule has 0 amide bonds. The molecule has 0 saturated carbocycles. The fourth-order valence-electron chi connectivity index (χ4n) is 6.99. The van der Waals surface area contributed by atoms with Crippen molar-refractivity contribution >= 4 is 70.4 Å². The maximum Gasteiger partial charge on any atom is 0.160 e. The van der Waals surface area contributed by atoms with Crippen LogP contribution in [0.15, 0.2) is 146 Å². The Balaban J connectivity index is 1.16. The highest BCUT2D eigenvalue weighted by atomic mass is 32.1. The van der Waals surface area contributed by atoms with Gasteiger partial charge >= 0.3 is 0 Å². The predicted molar refractivity (Wildman–Crippen MR) is 192 cm³/mol. The summed E-state index contributed by atoms with van der Waals surface area (Å²) in [5.74, 6) is 0.706. The van der Waals surface area contributed by atoms with Crippen LogP contribution in [0.3, 0.4) is 0 Å². The number of nitrogens with zero attached hydrogens (tertiary/aromatic N) is 4. The van der Waals surface area contributed by atoms with E-state index in [9.17, 15) is 0 Å². The Bertz CT molecular complexity index is 2650. The van der Waals surface area contributed by atoms with Gasteiger partial charge < -0.3 is 4.90 Å². The summed E-state index contributed by atoms with van der Waals surface area (Å²) in [6.45, 7) is 0. The quantitative estimate of drug-likeness (QED) is 0.201. The highest BCUT2D eigenvalue weighted by Gasteiger charge is 2.25. The molecule has 0 unspecified atom stereocenters. The first-order valence-electron chi connectivity index (χ1n) is 15.4. The van der Waals surface area contributed by atoms with Crippen LogP contribution in [0.4, 0.5) is 17.1 Å². The van der Waals surface area contributed by atoms with Crippen LogP contribution < -0.4 is 4.90 Å². The lowest BCUT2D eigenvalue weighted by atomic mass is 9.91. The number of pyridine rings is 1. The molecule has 3 aromatic heterocycles. The lowest BCUT2D eigenvalue weighted by Crippen LogP contribution is -2.14. The molecule has 0 radical (unpaired) electrons. The Labute approximate surface area is 268 Å². The second kappa shape index (κ2) is 9.80. The van der Waals surface area contributed by atoms with Crippen molar-refractivity contribution in [2.24, 2.45) is 0 Å². The van der Waals surface area contributed by atoms with Crippen molar-refractivity contribution in [2.75, 3.05) is 4.90 Å². The molecule has 0 aliphatic carbocycles. The third-order valence-electron chi connectivity index (χ3n) is 9.05. The number of thiophene rings is 1. The van der Waals surface area contributed by atoms with Gasteiger partial charge in [-0.2, -0.15) is 0 Å². The summed E-state index contributed by atoms with van der Waals surface area (Å²) in [6.07, 6.45) is 1.85. The largest absolute Gasteiger partial charge is 0.309 e. The summed E-state index contributed by atoms with van der Waals surface area (Å²) in [5.41, 5.74) is 10.8. The minimum atomic E-state index is 0.706. The van der Waals surface area contributed by atoms with E-state index in [2.05, 4.69) is 138 Å². The standard InChI is InChI=1S/C41H24N4S/c1-3-17-33-29(13-1)30-15-5-9-25-10-7-18-34(36(25)30)45(33)28-22-20-27(21-23-28)41-43-38-31-14-2-4-19-35(31)46-40(38)39(44-41)32-16-6-11-26-12-8-24-42-37(26)32/h1-24H. The predicted octanol–water partition coefficient (Wildman–Crippen LogP) is 11.3. The Morgan fingerprint density at radius 1 is 0.522 bits per heavy atom. The Kier molecular flexibility index (Phi) is 5.41. The van der Waals surface area contributed by atoms with Gasteiger partial charge in [0.25, 0.3) is 0 Å². The van der Waals surface area contributed by atoms with Gasteiger partial charge in [0.15, 0.2) is 5.82 Å². The fraction of sp³-hybridized carbons (Fsp3) is 0. The molecular weight excluding hydrogens is 581 g/mol. The van der Waals surface area contributed by atoms with Gasteiger partial charge in [0.2, 0.25) is 0 Å². The molecule has 0 atom stereocenters. The fourth-order valence-corrected chi connectivity index (χ4v) is 8.14. The molecule has 46 heavy (non-hydrogen) atoms. The topological polar surface area (TPSA) is 41.9 Å². The minimum absolute atomic E-state index is 0.706. The van der Waals surface area contributed by atoms with E-state index in [1.807, 2.05) is 12.3 Å². The third-order valence-corrected chi connectivity index (χ3v) is 10.2. The molecule has 5 heteroatoms. The van der Waals surface area contributed by atoms with Crippen LogP contribution in [0.5, 0.6) is 0 Å². The number of benzene rings is 6. The molecule has 214 valence electrons. The Hall–Kier alpha value is -5.91. The first-order valence-corrected chi connectivity index (χ1v) is 16.2. The SMILES string of the molecule is c1ccc2c(c1)-c1cccc3cccc(c13)N2c1ccc(-c2nc(-c3cccc4cccnc34)c3sc4ccccc4c3n2)cc1. The van der Waals surface area contributed by atoms with Crippen LogP contribution in [-0.4, -0.2) is 15.0 Å². The van der Waals surface area contributed by atoms with Crippen molar-refractivity contribution in [3.63, 3.8) is 0 Å². The van der Waals surface area contributed by atoms with Crippen LogP contribution in [0.2, 0.25) is 0 Å². The maximum absolute atomic E-state index is 5.27. The summed E-state index contributed by atoms with van der Waals surface area (Å²) in [5, 5.41) is 4.76. The van der Waals surface area contributed by atoms with E-state index in [0.717, 1.165) is 49.0 Å². The van der Waals surface area contributed by atoms with Crippen LogP contribution in [0, 0.1) is 0 Å². The molecule has 9 aromatic rings. The lowest BCUT2D eigenvalue weighted by molar-refractivity contribution is 1.23. The van der Waals surface area contributed by atoms with Crippen molar-refractivity contribution < 1.29 is 0 Å². The summed E-state index contributed by atoms with van der Waals surface area (Å²) in [7, 11) is 0. The zero-order valence-electron chi connectivity index (χ0n) is 24.6. The van der Waals surface area contributed by atoms with Gasteiger partial charge in [0.05, 0.1) is 32.8 Å². The third kappa shape index (κ3) is 3.69. The molecule has 10 rings (SSSR count). The van der Waals surface area contributed by atoms with Crippen LogP contribution in [0.25, 0.3) is 75.8 Å². The van der Waals surface area contributed by atoms with Gasteiger partial charge in [0, 0.05) is 49.4 Å². The average molecular weight is 605 g/mol. The number of hydrogen-bond acceptors (Lipinski definition) is 5. The van der Waals surface area contributed by atoms with E-state index < -0.39 is 0 Å². The van der Waals surface area contributed by atoms with E-state index in [-0.39, 0.29) is 0 Å². The Morgan fingerprint density at radius 2 is 1.24 bits per heavy atom. The molecule has 0 saturated heterocycles. The smallest absolute Gasteiger partial charge is 0.160 e. The molecule has 1 aliphatic rings. The lowest BCUT2D eigenvalue weighted by Gasteiger charge is -2.33. The molecule has 6 aromatic carbocycles. The van der Waals surface area contributed by atoms with Crippen molar-refractivity contribution in [1.29, 1.82) is 0 Å². The highest BCUT2D eigenvalue weighted by molar-refractivity contribution is 7.26. The molecule has 4 heterocycles. The van der Waals surface area contributed by atoms with Crippen LogP contribution >= 0.6 is 11.3 Å². The van der Waals surface area contributed by atoms with E-state index >= 15 is 0 Å². The molecule has 0 N–H and O–H groups in total. The molecule has 1 aliphatic heterocycles. The molecule has 0 bridgehead atoms. The van der Waals surface area contributed by atoms with E-state index in [1.165, 1.54) is 38.0 Å². The number of aromatic nitrogens is 3. The summed E-state index contributed by atoms with van der Waals surface area (Å²) in [6, 6.07) is 49.4. The molecule has 0 spiro atoms. The summed E-state index contributed by atoms with van der Waals surface area (Å²) < 4.78 is 2.28. The number of hydrogen-bond donors (Lipinski definition) is 0. The highest BCUT2D eigenvalue weighted by Crippen LogP contribution is 2.50. The van der Waals surface area contributed by atoms with Crippen molar-refractivity contribution in [3.05, 3.63) is 146 Å².